The van der Waals surface area contributed by atoms with Crippen LogP contribution < -0.4 is 5.73 Å². The molecular weight excluding hydrogens is 302 g/mol. The van der Waals surface area contributed by atoms with E-state index >= 15 is 0 Å². The summed E-state index contributed by atoms with van der Waals surface area (Å²) in [5, 5.41) is 4.69. The summed E-state index contributed by atoms with van der Waals surface area (Å²) in [6.07, 6.45) is 2.00. The highest BCUT2D eigenvalue weighted by Crippen LogP contribution is 2.29. The molecule has 0 aliphatic heterocycles. The van der Waals surface area contributed by atoms with Crippen LogP contribution in [0.15, 0.2) is 28.9 Å². The first-order valence-electron chi connectivity index (χ1n) is 6.38. The number of hydrogen-bond donors (Lipinski definition) is 1. The highest BCUT2D eigenvalue weighted by Gasteiger charge is 2.25. The zero-order valence-electron chi connectivity index (χ0n) is 11.9. The summed E-state index contributed by atoms with van der Waals surface area (Å²) in [6, 6.07) is 6.42. The van der Waals surface area contributed by atoms with Crippen molar-refractivity contribution in [1.29, 1.82) is 0 Å². The van der Waals surface area contributed by atoms with Crippen LogP contribution in [-0.2, 0) is 5.41 Å². The lowest BCUT2D eigenvalue weighted by atomic mass is 9.90. The van der Waals surface area contributed by atoms with E-state index in [1.807, 2.05) is 10.9 Å². The Hall–Kier alpha value is -1.13. The van der Waals surface area contributed by atoms with Crippen LogP contribution in [-0.4, -0.2) is 16.3 Å². The van der Waals surface area contributed by atoms with Crippen LogP contribution in [0.4, 0.5) is 0 Å². The van der Waals surface area contributed by atoms with Gasteiger partial charge in [0, 0.05) is 18.2 Å². The second kappa shape index (κ2) is 5.10. The van der Waals surface area contributed by atoms with Gasteiger partial charge in [-0.2, -0.15) is 5.10 Å². The molecule has 1 aromatic carbocycles. The van der Waals surface area contributed by atoms with E-state index in [-0.39, 0.29) is 5.41 Å². The van der Waals surface area contributed by atoms with Gasteiger partial charge in [0.25, 0.3) is 0 Å². The van der Waals surface area contributed by atoms with E-state index in [1.54, 1.807) is 0 Å². The van der Waals surface area contributed by atoms with Crippen molar-refractivity contribution in [3.63, 3.8) is 0 Å². The molecule has 2 aromatic rings. The summed E-state index contributed by atoms with van der Waals surface area (Å²) < 4.78 is 2.92. The summed E-state index contributed by atoms with van der Waals surface area (Å²) in [7, 11) is 0. The number of benzene rings is 1. The monoisotopic (exact) mass is 321 g/mol. The lowest BCUT2D eigenvalue weighted by molar-refractivity contribution is 0.513. The minimum absolute atomic E-state index is 0.136. The van der Waals surface area contributed by atoms with Gasteiger partial charge in [0.15, 0.2) is 0 Å². The van der Waals surface area contributed by atoms with Gasteiger partial charge in [-0.25, -0.2) is 4.68 Å². The lowest BCUT2D eigenvalue weighted by Gasteiger charge is -2.20. The predicted octanol–water partition coefficient (Wildman–Crippen LogP) is 3.49. The highest BCUT2D eigenvalue weighted by molar-refractivity contribution is 9.10. The summed E-state index contributed by atoms with van der Waals surface area (Å²) in [5.41, 5.74) is 10.2. The maximum absolute atomic E-state index is 5.83. The molecule has 102 valence electrons. The van der Waals surface area contributed by atoms with E-state index < -0.39 is 0 Å². The van der Waals surface area contributed by atoms with Crippen molar-refractivity contribution >= 4 is 15.9 Å². The van der Waals surface area contributed by atoms with Crippen molar-refractivity contribution in [2.24, 2.45) is 5.73 Å². The third-order valence-electron chi connectivity index (χ3n) is 3.29. The molecule has 0 radical (unpaired) electrons. The van der Waals surface area contributed by atoms with E-state index in [0.717, 1.165) is 15.9 Å². The number of rotatable bonds is 3. The van der Waals surface area contributed by atoms with Gasteiger partial charge in [-0.05, 0) is 53.0 Å². The quantitative estimate of drug-likeness (QED) is 0.940. The van der Waals surface area contributed by atoms with Crippen LogP contribution in [0.5, 0.6) is 0 Å². The average Bonchev–Trinajstić information content (AvgIpc) is 2.71. The second-order valence-electron chi connectivity index (χ2n) is 5.70. The first kappa shape index (κ1) is 14.3. The summed E-state index contributed by atoms with van der Waals surface area (Å²) in [4.78, 5) is 0. The Balaban J connectivity index is 2.50. The fourth-order valence-electron chi connectivity index (χ4n) is 2.12. The third kappa shape index (κ3) is 2.90. The Morgan fingerprint density at radius 3 is 2.32 bits per heavy atom. The molecule has 0 saturated heterocycles. The lowest BCUT2D eigenvalue weighted by Crippen LogP contribution is -2.29. The van der Waals surface area contributed by atoms with Crippen LogP contribution in [0.2, 0.25) is 0 Å². The molecule has 0 unspecified atom stereocenters. The molecule has 0 amide bonds. The van der Waals surface area contributed by atoms with Crippen molar-refractivity contribution in [1.82, 2.24) is 9.78 Å². The third-order valence-corrected chi connectivity index (χ3v) is 3.87. The van der Waals surface area contributed by atoms with Crippen molar-refractivity contribution in [2.75, 3.05) is 6.54 Å². The van der Waals surface area contributed by atoms with Crippen LogP contribution in [0, 0.1) is 13.8 Å². The molecule has 0 spiro atoms. The number of hydrogen-bond acceptors (Lipinski definition) is 2. The molecule has 0 aliphatic carbocycles. The Morgan fingerprint density at radius 2 is 1.79 bits per heavy atom. The largest absolute Gasteiger partial charge is 0.330 e. The van der Waals surface area contributed by atoms with Gasteiger partial charge in [0.2, 0.25) is 0 Å². The van der Waals surface area contributed by atoms with Gasteiger partial charge in [-0.15, -0.1) is 0 Å². The number of aryl methyl sites for hydroxylation is 2. The van der Waals surface area contributed by atoms with Crippen LogP contribution in [0.1, 0.15) is 30.7 Å². The Morgan fingerprint density at radius 1 is 1.21 bits per heavy atom. The molecule has 0 atom stereocenters. The molecule has 4 heteroatoms. The Kier molecular flexibility index (Phi) is 3.83. The van der Waals surface area contributed by atoms with Crippen molar-refractivity contribution in [2.45, 2.75) is 33.1 Å². The van der Waals surface area contributed by atoms with Gasteiger partial charge >= 0.3 is 0 Å². The standard InChI is InChI=1S/C15H20BrN3/c1-10-5-11(2)7-12(6-10)19-8-13(16)14(18-19)15(3,4)9-17/h5-8H,9,17H2,1-4H3. The van der Waals surface area contributed by atoms with Crippen LogP contribution in [0.25, 0.3) is 5.69 Å². The van der Waals surface area contributed by atoms with Gasteiger partial charge in [0.1, 0.15) is 0 Å². The smallest absolute Gasteiger partial charge is 0.0839 e. The molecule has 3 nitrogen and oxygen atoms in total. The Labute approximate surface area is 122 Å². The number of halogens is 1. The van der Waals surface area contributed by atoms with Gasteiger partial charge < -0.3 is 5.73 Å². The molecule has 0 aliphatic rings. The molecule has 1 aromatic heterocycles. The predicted molar refractivity (Wildman–Crippen MR) is 82.8 cm³/mol. The van der Waals surface area contributed by atoms with E-state index in [1.165, 1.54) is 11.1 Å². The first-order chi connectivity index (χ1) is 8.83. The zero-order chi connectivity index (χ0) is 14.2. The van der Waals surface area contributed by atoms with E-state index in [0.29, 0.717) is 6.54 Å². The topological polar surface area (TPSA) is 43.8 Å². The van der Waals surface area contributed by atoms with E-state index in [2.05, 4.69) is 61.8 Å². The SMILES string of the molecule is Cc1cc(C)cc(-n2cc(Br)c(C(C)(C)CN)n2)c1. The number of nitrogens with two attached hydrogens (primary N) is 1. The Bertz CT molecular complexity index is 579. The van der Waals surface area contributed by atoms with Crippen molar-refractivity contribution < 1.29 is 0 Å². The van der Waals surface area contributed by atoms with Crippen molar-refractivity contribution in [3.05, 3.63) is 45.7 Å². The minimum atomic E-state index is -0.136. The molecule has 1 heterocycles. The normalized spacial score (nSPS) is 11.9. The van der Waals surface area contributed by atoms with Crippen molar-refractivity contribution in [3.8, 4) is 5.69 Å². The first-order valence-corrected chi connectivity index (χ1v) is 7.17. The van der Waals surface area contributed by atoms with Gasteiger partial charge in [0.05, 0.1) is 15.9 Å². The fraction of sp³-hybridized carbons (Fsp3) is 0.400. The van der Waals surface area contributed by atoms with Gasteiger partial charge in [-0.1, -0.05) is 19.9 Å². The summed E-state index contributed by atoms with van der Waals surface area (Å²) in [5.74, 6) is 0. The molecule has 0 bridgehead atoms. The maximum Gasteiger partial charge on any atom is 0.0839 e. The minimum Gasteiger partial charge on any atom is -0.330 e. The average molecular weight is 322 g/mol. The van der Waals surface area contributed by atoms with Crippen LogP contribution >= 0.6 is 15.9 Å². The molecule has 2 rings (SSSR count). The molecule has 19 heavy (non-hydrogen) atoms. The number of aromatic nitrogens is 2. The molecular formula is C15H20BrN3. The molecule has 2 N–H and O–H groups in total. The summed E-state index contributed by atoms with van der Waals surface area (Å²) in [6.45, 7) is 8.97. The van der Waals surface area contributed by atoms with E-state index in [4.69, 9.17) is 10.8 Å². The second-order valence-corrected chi connectivity index (χ2v) is 6.56. The number of nitrogens with zero attached hydrogens (tertiary/aromatic N) is 2. The zero-order valence-corrected chi connectivity index (χ0v) is 13.5. The molecule has 0 fully saturated rings. The van der Waals surface area contributed by atoms with Gasteiger partial charge in [-0.3, -0.25) is 0 Å². The molecule has 0 saturated carbocycles. The van der Waals surface area contributed by atoms with Crippen LogP contribution in [0.3, 0.4) is 0 Å². The maximum atomic E-state index is 5.83. The summed E-state index contributed by atoms with van der Waals surface area (Å²) >= 11 is 3.59. The fourth-order valence-corrected chi connectivity index (χ4v) is 2.93. The van der Waals surface area contributed by atoms with E-state index in [9.17, 15) is 0 Å². The highest BCUT2D eigenvalue weighted by atomic mass is 79.9.